The predicted octanol–water partition coefficient (Wildman–Crippen LogP) is -2.84. The SMILES string of the molecule is NC(=O)C(CNCCO)C(N)=O. The van der Waals surface area contributed by atoms with Gasteiger partial charge in [-0.1, -0.05) is 0 Å². The highest BCUT2D eigenvalue weighted by molar-refractivity contribution is 5.99. The molecule has 0 aromatic heterocycles. The summed E-state index contributed by atoms with van der Waals surface area (Å²) in [6.07, 6.45) is 0. The van der Waals surface area contributed by atoms with Gasteiger partial charge in [-0.2, -0.15) is 0 Å². The molecule has 12 heavy (non-hydrogen) atoms. The number of aliphatic hydroxyl groups is 1. The van der Waals surface area contributed by atoms with Crippen LogP contribution in [0.5, 0.6) is 0 Å². The molecule has 0 radical (unpaired) electrons. The van der Waals surface area contributed by atoms with Crippen LogP contribution in [0.2, 0.25) is 0 Å². The minimum absolute atomic E-state index is 0.0652. The third kappa shape index (κ3) is 3.89. The molecule has 0 rings (SSSR count). The maximum Gasteiger partial charge on any atom is 0.231 e. The standard InChI is InChI=1S/C6H13N3O3/c7-5(11)4(6(8)12)3-9-1-2-10/h4,9-10H,1-3H2,(H2,7,11)(H2,8,12). The van der Waals surface area contributed by atoms with Gasteiger partial charge in [0.05, 0.1) is 6.61 Å². The van der Waals surface area contributed by atoms with Crippen LogP contribution in [-0.4, -0.2) is 36.6 Å². The lowest BCUT2D eigenvalue weighted by Gasteiger charge is -2.09. The summed E-state index contributed by atoms with van der Waals surface area (Å²) >= 11 is 0. The van der Waals surface area contributed by atoms with Crippen LogP contribution in [0.4, 0.5) is 0 Å². The number of nitrogens with two attached hydrogens (primary N) is 2. The van der Waals surface area contributed by atoms with Gasteiger partial charge >= 0.3 is 0 Å². The molecule has 2 amide bonds. The van der Waals surface area contributed by atoms with Crippen LogP contribution in [0.25, 0.3) is 0 Å². The Morgan fingerprint density at radius 3 is 2.17 bits per heavy atom. The number of primary amides is 2. The minimum Gasteiger partial charge on any atom is -0.395 e. The fourth-order valence-electron chi connectivity index (χ4n) is 0.667. The average molecular weight is 175 g/mol. The van der Waals surface area contributed by atoms with Gasteiger partial charge in [0.1, 0.15) is 5.92 Å². The van der Waals surface area contributed by atoms with Crippen LogP contribution in [0.15, 0.2) is 0 Å². The van der Waals surface area contributed by atoms with Crippen molar-refractivity contribution in [1.29, 1.82) is 0 Å². The van der Waals surface area contributed by atoms with Crippen molar-refractivity contribution < 1.29 is 14.7 Å². The molecule has 6 N–H and O–H groups in total. The predicted molar refractivity (Wildman–Crippen MR) is 41.8 cm³/mol. The van der Waals surface area contributed by atoms with Crippen LogP contribution in [0, 0.1) is 5.92 Å². The number of carbonyl (C=O) groups excluding carboxylic acids is 2. The Labute approximate surface area is 69.9 Å². The van der Waals surface area contributed by atoms with E-state index in [0.717, 1.165) is 0 Å². The summed E-state index contributed by atoms with van der Waals surface area (Å²) < 4.78 is 0. The first kappa shape index (κ1) is 10.9. The maximum absolute atomic E-state index is 10.6. The van der Waals surface area contributed by atoms with Crippen LogP contribution < -0.4 is 16.8 Å². The van der Waals surface area contributed by atoms with Gasteiger partial charge in [-0.3, -0.25) is 9.59 Å². The molecule has 0 bridgehead atoms. The molecule has 0 atom stereocenters. The number of nitrogens with one attached hydrogen (secondary N) is 1. The number of aliphatic hydroxyl groups excluding tert-OH is 1. The first-order valence-corrected chi connectivity index (χ1v) is 3.49. The molecule has 0 aliphatic heterocycles. The molecule has 0 aromatic rings. The Hall–Kier alpha value is -1.14. The zero-order chi connectivity index (χ0) is 9.56. The zero-order valence-corrected chi connectivity index (χ0v) is 6.62. The van der Waals surface area contributed by atoms with E-state index in [4.69, 9.17) is 16.6 Å². The highest BCUT2D eigenvalue weighted by atomic mass is 16.3. The van der Waals surface area contributed by atoms with E-state index >= 15 is 0 Å². The molecule has 70 valence electrons. The van der Waals surface area contributed by atoms with E-state index in [9.17, 15) is 9.59 Å². The fraction of sp³-hybridized carbons (Fsp3) is 0.667. The molecular formula is C6H13N3O3. The van der Waals surface area contributed by atoms with Crippen LogP contribution in [0.3, 0.4) is 0 Å². The summed E-state index contributed by atoms with van der Waals surface area (Å²) in [5, 5.41) is 11.0. The van der Waals surface area contributed by atoms with Crippen LogP contribution in [-0.2, 0) is 9.59 Å². The summed E-state index contributed by atoms with van der Waals surface area (Å²) in [5.74, 6) is -2.52. The summed E-state index contributed by atoms with van der Waals surface area (Å²) in [7, 11) is 0. The highest BCUT2D eigenvalue weighted by Gasteiger charge is 2.20. The number of hydrogen-bond acceptors (Lipinski definition) is 4. The lowest BCUT2D eigenvalue weighted by molar-refractivity contribution is -0.131. The quantitative estimate of drug-likeness (QED) is 0.257. The lowest BCUT2D eigenvalue weighted by atomic mass is 10.1. The van der Waals surface area contributed by atoms with Crippen molar-refractivity contribution in [3.63, 3.8) is 0 Å². The fourth-order valence-corrected chi connectivity index (χ4v) is 0.667. The van der Waals surface area contributed by atoms with Gasteiger partial charge in [-0.25, -0.2) is 0 Å². The van der Waals surface area contributed by atoms with Crippen LogP contribution in [0.1, 0.15) is 0 Å². The monoisotopic (exact) mass is 175 g/mol. The van der Waals surface area contributed by atoms with E-state index in [1.165, 1.54) is 0 Å². The number of carbonyl (C=O) groups is 2. The van der Waals surface area contributed by atoms with Gasteiger partial charge in [-0.05, 0) is 0 Å². The van der Waals surface area contributed by atoms with Gasteiger partial charge in [0.2, 0.25) is 11.8 Å². The molecule has 0 saturated carbocycles. The molecule has 0 aromatic carbocycles. The molecule has 6 heteroatoms. The molecule has 0 aliphatic rings. The van der Waals surface area contributed by atoms with Crippen molar-refractivity contribution in [2.45, 2.75) is 0 Å². The van der Waals surface area contributed by atoms with Crippen LogP contribution >= 0.6 is 0 Å². The van der Waals surface area contributed by atoms with Gasteiger partial charge in [0.25, 0.3) is 0 Å². The third-order valence-electron chi connectivity index (χ3n) is 1.32. The smallest absolute Gasteiger partial charge is 0.231 e. The molecule has 0 aliphatic carbocycles. The summed E-state index contributed by atoms with van der Waals surface area (Å²) in [6, 6.07) is 0. The topological polar surface area (TPSA) is 118 Å². The molecule has 0 heterocycles. The van der Waals surface area contributed by atoms with Crippen molar-refractivity contribution in [3.05, 3.63) is 0 Å². The van der Waals surface area contributed by atoms with E-state index < -0.39 is 17.7 Å². The highest BCUT2D eigenvalue weighted by Crippen LogP contribution is 1.90. The Morgan fingerprint density at radius 2 is 1.83 bits per heavy atom. The Morgan fingerprint density at radius 1 is 1.33 bits per heavy atom. The molecule has 0 saturated heterocycles. The van der Waals surface area contributed by atoms with Gasteiger partial charge in [-0.15, -0.1) is 0 Å². The van der Waals surface area contributed by atoms with E-state index in [0.29, 0.717) is 6.54 Å². The van der Waals surface area contributed by atoms with Gasteiger partial charge in [0.15, 0.2) is 0 Å². The molecular weight excluding hydrogens is 162 g/mol. The van der Waals surface area contributed by atoms with Gasteiger partial charge in [0, 0.05) is 13.1 Å². The zero-order valence-electron chi connectivity index (χ0n) is 6.62. The largest absolute Gasteiger partial charge is 0.395 e. The second-order valence-electron chi connectivity index (χ2n) is 2.29. The van der Waals surface area contributed by atoms with Crippen molar-refractivity contribution in [3.8, 4) is 0 Å². The van der Waals surface area contributed by atoms with E-state index in [1.807, 2.05) is 0 Å². The normalized spacial score (nSPS) is 10.2. The Bertz CT molecular complexity index is 157. The summed E-state index contributed by atoms with van der Waals surface area (Å²) in [5.41, 5.74) is 9.76. The minimum atomic E-state index is -1.00. The number of rotatable bonds is 6. The first-order chi connectivity index (χ1) is 5.59. The van der Waals surface area contributed by atoms with Crippen molar-refractivity contribution in [2.75, 3.05) is 19.7 Å². The first-order valence-electron chi connectivity index (χ1n) is 3.49. The third-order valence-corrected chi connectivity index (χ3v) is 1.32. The summed E-state index contributed by atoms with van der Waals surface area (Å²) in [6.45, 7) is 0.312. The molecule has 0 fully saturated rings. The maximum atomic E-state index is 10.6. The van der Waals surface area contributed by atoms with Crippen molar-refractivity contribution in [1.82, 2.24) is 5.32 Å². The summed E-state index contributed by atoms with van der Waals surface area (Å²) in [4.78, 5) is 21.1. The Balaban J connectivity index is 3.80. The van der Waals surface area contributed by atoms with Gasteiger partial charge < -0.3 is 21.9 Å². The second-order valence-corrected chi connectivity index (χ2v) is 2.29. The Kier molecular flexibility index (Phi) is 4.98. The number of amides is 2. The second kappa shape index (κ2) is 5.50. The number of hydrogen-bond donors (Lipinski definition) is 4. The van der Waals surface area contributed by atoms with E-state index in [-0.39, 0.29) is 13.2 Å². The van der Waals surface area contributed by atoms with E-state index in [1.54, 1.807) is 0 Å². The molecule has 0 spiro atoms. The van der Waals surface area contributed by atoms with E-state index in [2.05, 4.69) is 5.32 Å². The molecule has 0 unspecified atom stereocenters. The molecule has 6 nitrogen and oxygen atoms in total. The lowest BCUT2D eigenvalue weighted by Crippen LogP contribution is -2.42. The van der Waals surface area contributed by atoms with Crippen molar-refractivity contribution >= 4 is 11.8 Å². The average Bonchev–Trinajstić information content (AvgIpc) is 1.96. The van der Waals surface area contributed by atoms with Crippen molar-refractivity contribution in [2.24, 2.45) is 17.4 Å².